The first kappa shape index (κ1) is 14.9. The fourth-order valence-corrected chi connectivity index (χ4v) is 1.94. The average Bonchev–Trinajstić information content (AvgIpc) is 2.22. The lowest BCUT2D eigenvalue weighted by atomic mass is 9.87. The first-order valence-corrected chi connectivity index (χ1v) is 6.38. The van der Waals surface area contributed by atoms with Crippen molar-refractivity contribution in [3.63, 3.8) is 0 Å². The van der Waals surface area contributed by atoms with E-state index in [-0.39, 0.29) is 0 Å². The molecule has 0 aliphatic rings. The highest BCUT2D eigenvalue weighted by Gasteiger charge is 2.18. The van der Waals surface area contributed by atoms with Crippen molar-refractivity contribution in [2.75, 3.05) is 20.3 Å². The fraction of sp³-hybridized carbons (Fsp3) is 1.00. The molecule has 2 heteroatoms. The Kier molecular flexibility index (Phi) is 9.12. The van der Waals surface area contributed by atoms with Gasteiger partial charge in [-0.15, -0.1) is 0 Å². The highest BCUT2D eigenvalue weighted by molar-refractivity contribution is 4.73. The lowest BCUT2D eigenvalue weighted by molar-refractivity contribution is 0.104. The van der Waals surface area contributed by atoms with Gasteiger partial charge in [-0.3, -0.25) is 0 Å². The molecule has 2 nitrogen and oxygen atoms in total. The summed E-state index contributed by atoms with van der Waals surface area (Å²) in [4.78, 5) is 0. The molecule has 0 heterocycles. The minimum atomic E-state index is 0.583. The monoisotopic (exact) mass is 215 g/mol. The third-order valence-corrected chi connectivity index (χ3v) is 3.19. The van der Waals surface area contributed by atoms with Gasteiger partial charge in [0.05, 0.1) is 0 Å². The molecule has 0 saturated carbocycles. The van der Waals surface area contributed by atoms with Crippen molar-refractivity contribution in [3.8, 4) is 0 Å². The first-order valence-electron chi connectivity index (χ1n) is 6.38. The van der Waals surface area contributed by atoms with Gasteiger partial charge in [-0.05, 0) is 38.6 Å². The van der Waals surface area contributed by atoms with Gasteiger partial charge in [0.1, 0.15) is 0 Å². The van der Waals surface area contributed by atoms with Crippen LogP contribution in [0.15, 0.2) is 0 Å². The second kappa shape index (κ2) is 9.17. The maximum atomic E-state index is 5.62. The summed E-state index contributed by atoms with van der Waals surface area (Å²) in [5.74, 6) is 1.44. The van der Waals surface area contributed by atoms with Crippen LogP contribution in [0.3, 0.4) is 0 Å². The van der Waals surface area contributed by atoms with Gasteiger partial charge in [0, 0.05) is 19.3 Å². The molecule has 0 aromatic heterocycles. The van der Waals surface area contributed by atoms with Crippen LogP contribution in [-0.4, -0.2) is 26.3 Å². The number of hydrogen-bond donors (Lipinski definition) is 1. The van der Waals surface area contributed by atoms with E-state index in [0.29, 0.717) is 6.04 Å². The van der Waals surface area contributed by atoms with E-state index in [1.54, 1.807) is 0 Å². The molecule has 2 atom stereocenters. The molecule has 2 unspecified atom stereocenters. The molecular weight excluding hydrogens is 186 g/mol. The molecule has 0 aliphatic heterocycles. The summed E-state index contributed by atoms with van der Waals surface area (Å²) in [7, 11) is 2.04. The molecule has 0 amide bonds. The Morgan fingerprint density at radius 2 is 1.80 bits per heavy atom. The number of rotatable bonds is 9. The molecule has 0 bridgehead atoms. The molecule has 15 heavy (non-hydrogen) atoms. The molecule has 92 valence electrons. The van der Waals surface area contributed by atoms with Crippen LogP contribution in [0, 0.1) is 11.8 Å². The van der Waals surface area contributed by atoms with Crippen LogP contribution < -0.4 is 5.32 Å². The van der Waals surface area contributed by atoms with E-state index in [4.69, 9.17) is 4.74 Å². The molecule has 1 N–H and O–H groups in total. The van der Waals surface area contributed by atoms with Crippen LogP contribution in [0.4, 0.5) is 0 Å². The highest BCUT2D eigenvalue weighted by Crippen LogP contribution is 2.19. The smallest absolute Gasteiger partial charge is 0.0469 e. The van der Waals surface area contributed by atoms with Crippen LogP contribution in [0.25, 0.3) is 0 Å². The van der Waals surface area contributed by atoms with E-state index in [9.17, 15) is 0 Å². The van der Waals surface area contributed by atoms with Crippen molar-refractivity contribution in [1.82, 2.24) is 5.32 Å². The van der Waals surface area contributed by atoms with Gasteiger partial charge in [-0.25, -0.2) is 0 Å². The Morgan fingerprint density at radius 3 is 2.27 bits per heavy atom. The summed E-state index contributed by atoms with van der Waals surface area (Å²) in [6.45, 7) is 10.9. The molecule has 0 aromatic rings. The second-order valence-electron chi connectivity index (χ2n) is 4.74. The molecule has 0 rings (SSSR count). The van der Waals surface area contributed by atoms with Gasteiger partial charge >= 0.3 is 0 Å². The van der Waals surface area contributed by atoms with Crippen molar-refractivity contribution in [3.05, 3.63) is 0 Å². The minimum Gasteiger partial charge on any atom is -0.381 e. The molecular formula is C13H29NO. The highest BCUT2D eigenvalue weighted by atomic mass is 16.5. The zero-order valence-electron chi connectivity index (χ0n) is 11.2. The topological polar surface area (TPSA) is 21.3 Å². The van der Waals surface area contributed by atoms with Crippen molar-refractivity contribution in [1.29, 1.82) is 0 Å². The maximum Gasteiger partial charge on any atom is 0.0469 e. The van der Waals surface area contributed by atoms with Gasteiger partial charge in [0.15, 0.2) is 0 Å². The summed E-state index contributed by atoms with van der Waals surface area (Å²) in [5.41, 5.74) is 0. The summed E-state index contributed by atoms with van der Waals surface area (Å²) in [6.07, 6.45) is 3.58. The Bertz CT molecular complexity index is 136. The predicted molar refractivity (Wildman–Crippen MR) is 67.2 cm³/mol. The lowest BCUT2D eigenvalue weighted by Crippen LogP contribution is -2.34. The Hall–Kier alpha value is -0.0800. The number of hydrogen-bond acceptors (Lipinski definition) is 2. The second-order valence-corrected chi connectivity index (χ2v) is 4.74. The van der Waals surface area contributed by atoms with Crippen LogP contribution in [0.5, 0.6) is 0 Å². The van der Waals surface area contributed by atoms with Crippen LogP contribution in [-0.2, 0) is 4.74 Å². The Labute approximate surface area is 95.8 Å². The van der Waals surface area contributed by atoms with Crippen LogP contribution in [0.2, 0.25) is 0 Å². The van der Waals surface area contributed by atoms with Crippen molar-refractivity contribution < 1.29 is 4.74 Å². The van der Waals surface area contributed by atoms with Crippen LogP contribution >= 0.6 is 0 Å². The number of unbranched alkanes of at least 4 members (excludes halogenated alkanes) is 1. The largest absolute Gasteiger partial charge is 0.381 e. The first-order chi connectivity index (χ1) is 7.13. The van der Waals surface area contributed by atoms with E-state index < -0.39 is 0 Å². The summed E-state index contributed by atoms with van der Waals surface area (Å²) in [5, 5.41) is 3.34. The maximum absolute atomic E-state index is 5.62. The third kappa shape index (κ3) is 6.91. The van der Waals surface area contributed by atoms with Gasteiger partial charge in [-0.2, -0.15) is 0 Å². The quantitative estimate of drug-likeness (QED) is 0.597. The summed E-state index contributed by atoms with van der Waals surface area (Å²) >= 11 is 0. The Morgan fingerprint density at radius 1 is 1.13 bits per heavy atom. The van der Waals surface area contributed by atoms with Gasteiger partial charge < -0.3 is 10.1 Å². The zero-order chi connectivity index (χ0) is 11.7. The number of nitrogens with one attached hydrogen (secondary N) is 1. The van der Waals surface area contributed by atoms with Gasteiger partial charge in [0.2, 0.25) is 0 Å². The lowest BCUT2D eigenvalue weighted by Gasteiger charge is -2.27. The molecule has 0 fully saturated rings. The summed E-state index contributed by atoms with van der Waals surface area (Å²) < 4.78 is 5.62. The van der Waals surface area contributed by atoms with E-state index in [0.717, 1.165) is 25.0 Å². The van der Waals surface area contributed by atoms with Crippen molar-refractivity contribution >= 4 is 0 Å². The zero-order valence-corrected chi connectivity index (χ0v) is 11.2. The van der Waals surface area contributed by atoms with E-state index in [1.807, 2.05) is 7.05 Å². The SMILES string of the molecule is CCCCOCCC(C(C)C)C(C)NC. The molecule has 0 aromatic carbocycles. The van der Waals surface area contributed by atoms with Crippen molar-refractivity contribution in [2.45, 2.75) is 53.0 Å². The molecule has 0 saturated heterocycles. The average molecular weight is 215 g/mol. The van der Waals surface area contributed by atoms with Gasteiger partial charge in [0.25, 0.3) is 0 Å². The normalized spacial score (nSPS) is 15.6. The summed E-state index contributed by atoms with van der Waals surface area (Å²) in [6, 6.07) is 0.583. The number of ether oxygens (including phenoxy) is 1. The molecule has 0 spiro atoms. The predicted octanol–water partition coefficient (Wildman–Crippen LogP) is 3.07. The van der Waals surface area contributed by atoms with Crippen molar-refractivity contribution in [2.24, 2.45) is 11.8 Å². The van der Waals surface area contributed by atoms with E-state index >= 15 is 0 Å². The van der Waals surface area contributed by atoms with Crippen LogP contribution in [0.1, 0.15) is 47.0 Å². The fourth-order valence-electron chi connectivity index (χ4n) is 1.94. The minimum absolute atomic E-state index is 0.583. The molecule has 0 radical (unpaired) electrons. The van der Waals surface area contributed by atoms with E-state index in [1.165, 1.54) is 19.3 Å². The van der Waals surface area contributed by atoms with E-state index in [2.05, 4.69) is 33.0 Å². The Balaban J connectivity index is 3.67. The molecule has 0 aliphatic carbocycles. The standard InChI is InChI=1S/C13H29NO/c1-6-7-9-15-10-8-13(11(2)3)12(4)14-5/h11-14H,6-10H2,1-5H3. The van der Waals surface area contributed by atoms with Gasteiger partial charge in [-0.1, -0.05) is 27.2 Å². The third-order valence-electron chi connectivity index (χ3n) is 3.19.